The highest BCUT2D eigenvalue weighted by atomic mass is 79.9. The topological polar surface area (TPSA) is 72.9 Å². The van der Waals surface area contributed by atoms with Gasteiger partial charge in [0, 0.05) is 23.3 Å². The summed E-state index contributed by atoms with van der Waals surface area (Å²) in [5.74, 6) is -0.413. The Kier molecular flexibility index (Phi) is 4.70. The molecule has 106 valence electrons. The Balaban J connectivity index is 2.20. The zero-order chi connectivity index (χ0) is 14.9. The summed E-state index contributed by atoms with van der Waals surface area (Å²) in [6.45, 7) is 0. The molecule has 3 N–H and O–H groups in total. The first-order chi connectivity index (χ1) is 9.38. The molecular weight excluding hydrogens is 367 g/mol. The Morgan fingerprint density at radius 2 is 2.05 bits per heavy atom. The summed E-state index contributed by atoms with van der Waals surface area (Å²) in [5, 5.41) is 7.26. The zero-order valence-electron chi connectivity index (χ0n) is 10.4. The molecule has 0 bridgehead atoms. The van der Waals surface area contributed by atoms with Gasteiger partial charge in [0.2, 0.25) is 5.91 Å². The Morgan fingerprint density at radius 3 is 2.55 bits per heavy atom. The predicted molar refractivity (Wildman–Crippen MR) is 82.9 cm³/mol. The van der Waals surface area contributed by atoms with Crippen LogP contribution in [0.4, 0.5) is 5.69 Å². The van der Waals surface area contributed by atoms with Crippen molar-refractivity contribution in [1.82, 2.24) is 9.78 Å². The highest BCUT2D eigenvalue weighted by Crippen LogP contribution is 2.34. The second-order valence-corrected chi connectivity index (χ2v) is 5.89. The van der Waals surface area contributed by atoms with Gasteiger partial charge in [0.15, 0.2) is 0 Å². The first-order valence-corrected chi connectivity index (χ1v) is 7.13. The number of amides is 1. The number of hydrogen-bond donors (Lipinski definition) is 2. The predicted octanol–water partition coefficient (Wildman–Crippen LogP) is 3.13. The minimum atomic E-state index is -0.848. The number of benzene rings is 1. The molecule has 0 fully saturated rings. The molecule has 5 nitrogen and oxygen atoms in total. The third kappa shape index (κ3) is 3.32. The maximum Gasteiger partial charge on any atom is 0.246 e. The summed E-state index contributed by atoms with van der Waals surface area (Å²) >= 11 is 15.4. The van der Waals surface area contributed by atoms with Crippen LogP contribution in [0.2, 0.25) is 10.0 Å². The second-order valence-electron chi connectivity index (χ2n) is 4.16. The van der Waals surface area contributed by atoms with Crippen LogP contribution in [-0.4, -0.2) is 15.7 Å². The van der Waals surface area contributed by atoms with Gasteiger partial charge < -0.3 is 11.1 Å². The van der Waals surface area contributed by atoms with Gasteiger partial charge in [0.05, 0.1) is 21.9 Å². The fourth-order valence-electron chi connectivity index (χ4n) is 1.61. The van der Waals surface area contributed by atoms with E-state index in [1.807, 2.05) is 0 Å². The Labute approximate surface area is 134 Å². The Hall–Kier alpha value is -1.08. The summed E-state index contributed by atoms with van der Waals surface area (Å²) in [4.78, 5) is 12.1. The number of hydrogen-bond acceptors (Lipinski definition) is 3. The van der Waals surface area contributed by atoms with Gasteiger partial charge in [-0.2, -0.15) is 5.10 Å². The van der Waals surface area contributed by atoms with Crippen LogP contribution in [0.3, 0.4) is 0 Å². The van der Waals surface area contributed by atoms with Crippen molar-refractivity contribution >= 4 is 50.7 Å². The largest absolute Gasteiger partial charge is 0.322 e. The molecule has 1 aromatic carbocycles. The van der Waals surface area contributed by atoms with Crippen LogP contribution in [0.15, 0.2) is 29.0 Å². The average Bonchev–Trinajstić information content (AvgIpc) is 2.79. The molecule has 1 amide bonds. The van der Waals surface area contributed by atoms with Crippen LogP contribution < -0.4 is 11.1 Å². The fraction of sp³-hybridized carbons (Fsp3) is 0.167. The number of carbonyl (C=O) groups excluding carboxylic acids is 1. The first-order valence-electron chi connectivity index (χ1n) is 5.58. The van der Waals surface area contributed by atoms with Crippen molar-refractivity contribution in [1.29, 1.82) is 0 Å². The van der Waals surface area contributed by atoms with Crippen molar-refractivity contribution in [2.24, 2.45) is 12.8 Å². The summed E-state index contributed by atoms with van der Waals surface area (Å²) in [5.41, 5.74) is 6.81. The Morgan fingerprint density at radius 1 is 1.45 bits per heavy atom. The fourth-order valence-corrected chi connectivity index (χ4v) is 2.92. The molecule has 0 spiro atoms. The van der Waals surface area contributed by atoms with Crippen molar-refractivity contribution in [3.05, 3.63) is 44.6 Å². The van der Waals surface area contributed by atoms with Crippen LogP contribution in [0.25, 0.3) is 0 Å². The second kappa shape index (κ2) is 6.13. The van der Waals surface area contributed by atoms with E-state index in [4.69, 9.17) is 28.9 Å². The van der Waals surface area contributed by atoms with Crippen LogP contribution in [0.5, 0.6) is 0 Å². The minimum Gasteiger partial charge on any atom is -0.322 e. The Bertz CT molecular complexity index is 636. The van der Waals surface area contributed by atoms with Gasteiger partial charge in [-0.3, -0.25) is 9.48 Å². The number of rotatable bonds is 3. The normalized spacial score (nSPS) is 12.2. The number of anilines is 1. The van der Waals surface area contributed by atoms with E-state index in [0.29, 0.717) is 21.3 Å². The molecule has 0 aliphatic rings. The summed E-state index contributed by atoms with van der Waals surface area (Å²) in [6.07, 6.45) is 3.21. The molecule has 20 heavy (non-hydrogen) atoms. The first kappa shape index (κ1) is 15.3. The lowest BCUT2D eigenvalue weighted by Gasteiger charge is -2.13. The van der Waals surface area contributed by atoms with Crippen LogP contribution in [0.1, 0.15) is 11.6 Å². The van der Waals surface area contributed by atoms with Gasteiger partial charge in [-0.1, -0.05) is 39.1 Å². The number of carbonyl (C=O) groups is 1. The number of nitrogens with one attached hydrogen (secondary N) is 1. The third-order valence-corrected chi connectivity index (χ3v) is 3.68. The average molecular weight is 378 g/mol. The van der Waals surface area contributed by atoms with E-state index in [1.165, 1.54) is 6.20 Å². The van der Waals surface area contributed by atoms with Gasteiger partial charge in [-0.15, -0.1) is 0 Å². The summed E-state index contributed by atoms with van der Waals surface area (Å²) < 4.78 is 2.30. The van der Waals surface area contributed by atoms with E-state index in [9.17, 15) is 4.79 Å². The van der Waals surface area contributed by atoms with Crippen LogP contribution in [-0.2, 0) is 11.8 Å². The van der Waals surface area contributed by atoms with E-state index in [0.717, 1.165) is 4.47 Å². The quantitative estimate of drug-likeness (QED) is 0.862. The molecule has 2 aromatic rings. The van der Waals surface area contributed by atoms with E-state index in [2.05, 4.69) is 26.3 Å². The molecule has 0 aliphatic heterocycles. The number of halogens is 3. The van der Waals surface area contributed by atoms with Crippen LogP contribution >= 0.6 is 39.1 Å². The van der Waals surface area contributed by atoms with Crippen molar-refractivity contribution in [2.45, 2.75) is 6.04 Å². The van der Waals surface area contributed by atoms with Gasteiger partial charge in [-0.05, 0) is 12.1 Å². The van der Waals surface area contributed by atoms with Gasteiger partial charge in [-0.25, -0.2) is 0 Å². The van der Waals surface area contributed by atoms with E-state index >= 15 is 0 Å². The molecule has 0 saturated heterocycles. The minimum absolute atomic E-state index is 0.330. The van der Waals surface area contributed by atoms with Crippen LogP contribution in [0, 0.1) is 0 Å². The molecule has 1 heterocycles. The molecule has 1 atom stereocenters. The zero-order valence-corrected chi connectivity index (χ0v) is 13.5. The SMILES string of the molecule is Cn1cc(C(N)C(=O)Nc2c(Cl)cc(Br)cc2Cl)cn1. The van der Waals surface area contributed by atoms with Crippen molar-refractivity contribution in [3.63, 3.8) is 0 Å². The van der Waals surface area contributed by atoms with Gasteiger partial charge in [0.25, 0.3) is 0 Å². The smallest absolute Gasteiger partial charge is 0.246 e. The van der Waals surface area contributed by atoms with E-state index in [-0.39, 0.29) is 0 Å². The highest BCUT2D eigenvalue weighted by Gasteiger charge is 2.19. The number of aromatic nitrogens is 2. The maximum absolute atomic E-state index is 12.1. The third-order valence-electron chi connectivity index (χ3n) is 2.62. The summed E-state index contributed by atoms with van der Waals surface area (Å²) in [7, 11) is 1.75. The molecule has 0 aliphatic carbocycles. The maximum atomic E-state index is 12.1. The van der Waals surface area contributed by atoms with Gasteiger partial charge >= 0.3 is 0 Å². The van der Waals surface area contributed by atoms with E-state index in [1.54, 1.807) is 30.1 Å². The lowest BCUT2D eigenvalue weighted by Crippen LogP contribution is -2.27. The summed E-state index contributed by atoms with van der Waals surface area (Å²) in [6, 6.07) is 2.43. The van der Waals surface area contributed by atoms with Crippen molar-refractivity contribution < 1.29 is 4.79 Å². The molecule has 0 radical (unpaired) electrons. The molecule has 0 saturated carbocycles. The molecule has 2 rings (SSSR count). The number of aryl methyl sites for hydroxylation is 1. The lowest BCUT2D eigenvalue weighted by atomic mass is 10.1. The highest BCUT2D eigenvalue weighted by molar-refractivity contribution is 9.10. The monoisotopic (exact) mass is 376 g/mol. The van der Waals surface area contributed by atoms with Crippen molar-refractivity contribution in [3.8, 4) is 0 Å². The molecule has 8 heteroatoms. The number of nitrogens with two attached hydrogens (primary N) is 1. The molecule has 1 unspecified atom stereocenters. The lowest BCUT2D eigenvalue weighted by molar-refractivity contribution is -0.117. The number of nitrogens with zero attached hydrogens (tertiary/aromatic N) is 2. The van der Waals surface area contributed by atoms with E-state index < -0.39 is 11.9 Å². The molecule has 1 aromatic heterocycles. The standard InChI is InChI=1S/C12H11BrCl2N4O/c1-19-5-6(4-17-19)10(16)12(20)18-11-8(14)2-7(13)3-9(11)15/h2-5,10H,16H2,1H3,(H,18,20). The molecular formula is C12H11BrCl2N4O. The van der Waals surface area contributed by atoms with Gasteiger partial charge in [0.1, 0.15) is 6.04 Å². The van der Waals surface area contributed by atoms with Crippen molar-refractivity contribution in [2.75, 3.05) is 5.32 Å².